The molecule has 1 atom stereocenters. The lowest BCUT2D eigenvalue weighted by Gasteiger charge is -2.23. The van der Waals surface area contributed by atoms with Gasteiger partial charge in [0.1, 0.15) is 0 Å². The van der Waals surface area contributed by atoms with E-state index >= 15 is 0 Å². The summed E-state index contributed by atoms with van der Waals surface area (Å²) >= 11 is 0. The van der Waals surface area contributed by atoms with Crippen LogP contribution in [0.25, 0.3) is 0 Å². The molecule has 0 aromatic rings. The fourth-order valence-corrected chi connectivity index (χ4v) is 2.72. The Hall–Kier alpha value is -1.24. The van der Waals surface area contributed by atoms with Gasteiger partial charge in [0.25, 0.3) is 5.92 Å². The third kappa shape index (κ3) is 4.40. The SMILES string of the molecule is O=C(CNC(=O)C1CC(F)(F)CN1)NC1CCCCC1. The van der Waals surface area contributed by atoms with Crippen LogP contribution in [0.1, 0.15) is 38.5 Å². The zero-order chi connectivity index (χ0) is 14.6. The summed E-state index contributed by atoms with van der Waals surface area (Å²) in [6.07, 6.45) is 4.84. The van der Waals surface area contributed by atoms with E-state index < -0.39 is 30.8 Å². The average molecular weight is 289 g/mol. The normalized spacial score (nSPS) is 26.2. The fourth-order valence-electron chi connectivity index (χ4n) is 2.72. The maximum atomic E-state index is 12.9. The number of rotatable bonds is 4. The van der Waals surface area contributed by atoms with Crippen LogP contribution in [0.5, 0.6) is 0 Å². The van der Waals surface area contributed by atoms with Gasteiger partial charge in [0, 0.05) is 12.5 Å². The summed E-state index contributed by atoms with van der Waals surface area (Å²) < 4.78 is 25.9. The third-order valence-electron chi connectivity index (χ3n) is 3.82. The molecule has 3 N–H and O–H groups in total. The first-order valence-corrected chi connectivity index (χ1v) is 7.14. The van der Waals surface area contributed by atoms with E-state index in [2.05, 4.69) is 16.0 Å². The summed E-state index contributed by atoms with van der Waals surface area (Å²) in [5.74, 6) is -3.64. The Labute approximate surface area is 116 Å². The molecule has 2 amide bonds. The van der Waals surface area contributed by atoms with E-state index in [9.17, 15) is 18.4 Å². The lowest BCUT2D eigenvalue weighted by molar-refractivity contribution is -0.127. The molecule has 0 aromatic carbocycles. The van der Waals surface area contributed by atoms with Crippen molar-refractivity contribution in [3.05, 3.63) is 0 Å². The molecule has 2 aliphatic rings. The van der Waals surface area contributed by atoms with E-state index in [1.165, 1.54) is 6.42 Å². The predicted molar refractivity (Wildman–Crippen MR) is 69.4 cm³/mol. The molecule has 1 aliphatic heterocycles. The average Bonchev–Trinajstić information content (AvgIpc) is 2.78. The highest BCUT2D eigenvalue weighted by Crippen LogP contribution is 2.24. The zero-order valence-electron chi connectivity index (χ0n) is 11.4. The van der Waals surface area contributed by atoms with Gasteiger partial charge in [-0.25, -0.2) is 8.78 Å². The van der Waals surface area contributed by atoms with E-state index in [1.54, 1.807) is 0 Å². The van der Waals surface area contributed by atoms with Crippen LogP contribution in [0.3, 0.4) is 0 Å². The van der Waals surface area contributed by atoms with Crippen LogP contribution in [0, 0.1) is 0 Å². The van der Waals surface area contributed by atoms with E-state index in [1.807, 2.05) is 0 Å². The van der Waals surface area contributed by atoms with E-state index in [0.29, 0.717) is 0 Å². The van der Waals surface area contributed by atoms with Crippen molar-refractivity contribution in [2.45, 2.75) is 56.5 Å². The number of hydrogen-bond acceptors (Lipinski definition) is 3. The summed E-state index contributed by atoms with van der Waals surface area (Å²) in [5.41, 5.74) is 0. The van der Waals surface area contributed by atoms with E-state index in [4.69, 9.17) is 0 Å². The molecular formula is C13H21F2N3O2. The second-order valence-electron chi connectivity index (χ2n) is 5.61. The molecule has 2 rings (SSSR count). The van der Waals surface area contributed by atoms with Gasteiger partial charge < -0.3 is 10.6 Å². The standard InChI is InChI=1S/C13H21F2N3O2/c14-13(15)6-10(17-8-13)12(20)16-7-11(19)18-9-4-2-1-3-5-9/h9-10,17H,1-8H2,(H,16,20)(H,18,19). The van der Waals surface area contributed by atoms with Gasteiger partial charge in [0.15, 0.2) is 0 Å². The summed E-state index contributed by atoms with van der Waals surface area (Å²) in [5, 5.41) is 7.72. The largest absolute Gasteiger partial charge is 0.352 e. The lowest BCUT2D eigenvalue weighted by atomic mass is 9.95. The van der Waals surface area contributed by atoms with Crippen LogP contribution >= 0.6 is 0 Å². The number of nitrogens with one attached hydrogen (secondary N) is 3. The maximum Gasteiger partial charge on any atom is 0.262 e. The molecule has 0 bridgehead atoms. The number of carbonyl (C=O) groups excluding carboxylic acids is 2. The van der Waals surface area contributed by atoms with Crippen molar-refractivity contribution in [1.82, 2.24) is 16.0 Å². The Kier molecular flexibility index (Phi) is 4.91. The molecule has 114 valence electrons. The van der Waals surface area contributed by atoms with Gasteiger partial charge in [-0.3, -0.25) is 14.9 Å². The highest BCUT2D eigenvalue weighted by molar-refractivity contribution is 5.87. The minimum Gasteiger partial charge on any atom is -0.352 e. The van der Waals surface area contributed by atoms with Crippen LogP contribution in [0.4, 0.5) is 8.78 Å². The van der Waals surface area contributed by atoms with Crippen molar-refractivity contribution in [2.75, 3.05) is 13.1 Å². The fraction of sp³-hybridized carbons (Fsp3) is 0.846. The van der Waals surface area contributed by atoms with Gasteiger partial charge in [-0.2, -0.15) is 0 Å². The van der Waals surface area contributed by atoms with Crippen molar-refractivity contribution in [3.63, 3.8) is 0 Å². The molecule has 2 fully saturated rings. The number of halogens is 2. The minimum atomic E-state index is -2.84. The van der Waals surface area contributed by atoms with Gasteiger partial charge in [-0.15, -0.1) is 0 Å². The first kappa shape index (κ1) is 15.2. The van der Waals surface area contributed by atoms with Crippen molar-refractivity contribution in [2.24, 2.45) is 0 Å². The lowest BCUT2D eigenvalue weighted by Crippen LogP contribution is -2.46. The van der Waals surface area contributed by atoms with Crippen molar-refractivity contribution in [3.8, 4) is 0 Å². The van der Waals surface area contributed by atoms with Crippen LogP contribution in [0.2, 0.25) is 0 Å². The molecule has 0 spiro atoms. The first-order chi connectivity index (χ1) is 9.46. The molecule has 1 aliphatic carbocycles. The maximum absolute atomic E-state index is 12.9. The van der Waals surface area contributed by atoms with E-state index in [-0.39, 0.29) is 18.5 Å². The third-order valence-corrected chi connectivity index (χ3v) is 3.82. The smallest absolute Gasteiger partial charge is 0.262 e. The molecule has 1 unspecified atom stereocenters. The molecule has 0 radical (unpaired) electrons. The molecular weight excluding hydrogens is 268 g/mol. The van der Waals surface area contributed by atoms with Crippen LogP contribution in [-0.4, -0.2) is 42.9 Å². The van der Waals surface area contributed by atoms with Crippen LogP contribution < -0.4 is 16.0 Å². The Bertz CT molecular complexity index is 371. The quantitative estimate of drug-likeness (QED) is 0.708. The highest BCUT2D eigenvalue weighted by Gasteiger charge is 2.42. The first-order valence-electron chi connectivity index (χ1n) is 7.14. The van der Waals surface area contributed by atoms with Gasteiger partial charge in [-0.1, -0.05) is 19.3 Å². The Morgan fingerprint density at radius 1 is 1.20 bits per heavy atom. The van der Waals surface area contributed by atoms with Crippen LogP contribution in [-0.2, 0) is 9.59 Å². The second-order valence-corrected chi connectivity index (χ2v) is 5.61. The monoisotopic (exact) mass is 289 g/mol. The highest BCUT2D eigenvalue weighted by atomic mass is 19.3. The van der Waals surface area contributed by atoms with Crippen molar-refractivity contribution >= 4 is 11.8 Å². The predicted octanol–water partition coefficient (Wildman–Crippen LogP) is 0.549. The molecule has 5 nitrogen and oxygen atoms in total. The number of carbonyl (C=O) groups is 2. The molecule has 1 saturated carbocycles. The molecule has 1 heterocycles. The summed E-state index contributed by atoms with van der Waals surface area (Å²) in [6.45, 7) is -0.640. The van der Waals surface area contributed by atoms with Gasteiger partial charge in [0.05, 0.1) is 19.1 Å². The summed E-state index contributed by atoms with van der Waals surface area (Å²) in [7, 11) is 0. The number of amides is 2. The van der Waals surface area contributed by atoms with E-state index in [0.717, 1.165) is 25.7 Å². The summed E-state index contributed by atoms with van der Waals surface area (Å²) in [4.78, 5) is 23.3. The van der Waals surface area contributed by atoms with Gasteiger partial charge in [0.2, 0.25) is 11.8 Å². The topological polar surface area (TPSA) is 70.2 Å². The van der Waals surface area contributed by atoms with Gasteiger partial charge in [-0.05, 0) is 12.8 Å². The molecule has 20 heavy (non-hydrogen) atoms. The Balaban J connectivity index is 1.66. The number of hydrogen-bond donors (Lipinski definition) is 3. The molecule has 0 aromatic heterocycles. The van der Waals surface area contributed by atoms with Crippen molar-refractivity contribution in [1.29, 1.82) is 0 Å². The number of alkyl halides is 2. The summed E-state index contributed by atoms with van der Waals surface area (Å²) in [6, 6.07) is -0.727. The van der Waals surface area contributed by atoms with Crippen molar-refractivity contribution < 1.29 is 18.4 Å². The Morgan fingerprint density at radius 3 is 2.50 bits per heavy atom. The van der Waals surface area contributed by atoms with Gasteiger partial charge >= 0.3 is 0 Å². The molecule has 1 saturated heterocycles. The minimum absolute atomic E-state index is 0.154. The zero-order valence-corrected chi connectivity index (χ0v) is 11.4. The molecule has 7 heteroatoms. The second kappa shape index (κ2) is 6.47. The Morgan fingerprint density at radius 2 is 1.90 bits per heavy atom. The van der Waals surface area contributed by atoms with Crippen LogP contribution in [0.15, 0.2) is 0 Å².